The summed E-state index contributed by atoms with van der Waals surface area (Å²) in [6.45, 7) is 5.00. The van der Waals surface area contributed by atoms with E-state index in [9.17, 15) is 0 Å². The van der Waals surface area contributed by atoms with Crippen molar-refractivity contribution >= 4 is 42.0 Å². The Balaban J connectivity index is 1.99. The Bertz CT molecular complexity index is 317. The smallest absolute Gasteiger partial charge is 0.170 e. The normalized spacial score (nSPS) is 22.4. The van der Waals surface area contributed by atoms with Gasteiger partial charge in [-0.3, -0.25) is 0 Å². The van der Waals surface area contributed by atoms with Gasteiger partial charge in [0.2, 0.25) is 0 Å². The van der Waals surface area contributed by atoms with Gasteiger partial charge in [0.15, 0.2) is 6.37 Å². The van der Waals surface area contributed by atoms with E-state index in [-0.39, 0.29) is 7.92 Å². The van der Waals surface area contributed by atoms with E-state index >= 15 is 0 Å². The van der Waals surface area contributed by atoms with Crippen LogP contribution in [-0.2, 0) is 0 Å². The molecule has 1 aromatic rings. The number of hydrogen-bond donors (Lipinski definition) is 0. The van der Waals surface area contributed by atoms with Crippen LogP contribution in [0.1, 0.15) is 0 Å². The van der Waals surface area contributed by atoms with E-state index in [0.29, 0.717) is 0 Å². The summed E-state index contributed by atoms with van der Waals surface area (Å²) in [5, 5.41) is 1.61. The van der Waals surface area contributed by atoms with Crippen LogP contribution in [0.2, 0.25) is 13.1 Å². The van der Waals surface area contributed by atoms with E-state index in [2.05, 4.69) is 65.8 Å². The van der Waals surface area contributed by atoms with Gasteiger partial charge in [-0.25, -0.2) is 0 Å². The van der Waals surface area contributed by atoms with Crippen molar-refractivity contribution in [2.75, 3.05) is 23.8 Å². The maximum Gasteiger partial charge on any atom is 0.170 e. The van der Waals surface area contributed by atoms with Crippen molar-refractivity contribution in [1.29, 1.82) is 0 Å². The highest BCUT2D eigenvalue weighted by atomic mass is 32.6. The maximum atomic E-state index is 2.50. The molecule has 4 heteroatoms. The Hall–Kier alpha value is 0.567. The van der Waals surface area contributed by atoms with Gasteiger partial charge in [-0.2, -0.15) is 22.4 Å². The van der Waals surface area contributed by atoms with Crippen LogP contribution in [0.4, 0.5) is 0 Å². The van der Waals surface area contributed by atoms with Crippen LogP contribution in [0, 0.1) is 0 Å². The van der Waals surface area contributed by atoms with E-state index in [1.807, 2.05) is 0 Å². The first kappa shape index (κ1) is 13.0. The minimum atomic E-state index is -0.960. The van der Waals surface area contributed by atoms with Crippen LogP contribution in [0.5, 0.6) is 0 Å². The van der Waals surface area contributed by atoms with Crippen molar-refractivity contribution in [2.24, 2.45) is 0 Å². The lowest BCUT2D eigenvalue weighted by molar-refractivity contribution is 1.45. The molecule has 0 unspecified atom stereocenters. The fraction of sp³-hybridized carbons (Fsp3) is 0.500. The second-order valence-electron chi connectivity index (χ2n) is 4.42. The molecule has 0 nitrogen and oxygen atoms in total. The van der Waals surface area contributed by atoms with Gasteiger partial charge in [0.05, 0.1) is 0 Å². The first-order chi connectivity index (χ1) is 7.67. The molecule has 0 radical (unpaired) electrons. The highest BCUT2D eigenvalue weighted by molar-refractivity contribution is 8.58. The van der Waals surface area contributed by atoms with E-state index in [1.54, 1.807) is 5.30 Å². The summed E-state index contributed by atoms with van der Waals surface area (Å²) in [5.41, 5.74) is 0. The van der Waals surface area contributed by atoms with Crippen LogP contribution < -0.4 is 5.30 Å². The summed E-state index contributed by atoms with van der Waals surface area (Å²) in [7, 11) is 0.129. The van der Waals surface area contributed by atoms with Gasteiger partial charge in [0.1, 0.15) is 0 Å². The number of hydrogen-bond acceptors (Lipinski definition) is 2. The monoisotopic (exact) mass is 286 g/mol. The zero-order valence-corrected chi connectivity index (χ0v) is 13.5. The average Bonchev–Trinajstić information content (AvgIpc) is 2.25. The second-order valence-corrected chi connectivity index (χ2v) is 19.7. The highest BCUT2D eigenvalue weighted by Crippen LogP contribution is 2.43. The van der Waals surface area contributed by atoms with Crippen LogP contribution in [0.3, 0.4) is 0 Å². The fourth-order valence-corrected chi connectivity index (χ4v) is 13.8. The Morgan fingerprint density at radius 1 is 1.00 bits per heavy atom. The molecule has 0 amide bonds. The molecular weight excluding hydrogens is 267 g/mol. The summed E-state index contributed by atoms with van der Waals surface area (Å²) < 4.78 is 0. The van der Waals surface area contributed by atoms with Crippen molar-refractivity contribution in [2.45, 2.75) is 13.1 Å². The third kappa shape index (κ3) is 3.80. The highest BCUT2D eigenvalue weighted by Gasteiger charge is 2.25. The molecule has 0 saturated carbocycles. The lowest BCUT2D eigenvalue weighted by Gasteiger charge is -2.28. The van der Waals surface area contributed by atoms with Crippen LogP contribution in [0.25, 0.3) is 0 Å². The van der Waals surface area contributed by atoms with Crippen molar-refractivity contribution < 1.29 is 0 Å². The molecule has 1 heterocycles. The zero-order valence-electron chi connectivity index (χ0n) is 9.98. The van der Waals surface area contributed by atoms with Crippen molar-refractivity contribution in [3.63, 3.8) is 0 Å². The summed E-state index contributed by atoms with van der Waals surface area (Å²) in [5.74, 6) is 2.76. The Kier molecular flexibility index (Phi) is 4.84. The SMILES string of the molecule is C[Si]1(C)SCCP(c2ccccc2)CCS1. The molecule has 0 N–H and O–H groups in total. The minimum absolute atomic E-state index is 0.129. The topological polar surface area (TPSA) is 0 Å². The summed E-state index contributed by atoms with van der Waals surface area (Å²) in [6, 6.07) is 11.2. The molecule has 1 saturated heterocycles. The lowest BCUT2D eigenvalue weighted by Crippen LogP contribution is -2.22. The quantitative estimate of drug-likeness (QED) is 0.566. The Morgan fingerprint density at radius 2 is 1.56 bits per heavy atom. The Labute approximate surface area is 109 Å². The summed E-state index contributed by atoms with van der Waals surface area (Å²) >= 11 is 4.54. The van der Waals surface area contributed by atoms with Crippen LogP contribution in [-0.4, -0.2) is 30.2 Å². The summed E-state index contributed by atoms with van der Waals surface area (Å²) in [4.78, 5) is 0. The van der Waals surface area contributed by atoms with Gasteiger partial charge in [-0.1, -0.05) is 51.3 Å². The maximum absolute atomic E-state index is 2.50. The Morgan fingerprint density at radius 3 is 2.12 bits per heavy atom. The molecule has 2 rings (SSSR count). The first-order valence-electron chi connectivity index (χ1n) is 5.75. The third-order valence-corrected chi connectivity index (χ3v) is 15.6. The largest absolute Gasteiger partial charge is 0.173 e. The minimum Gasteiger partial charge on any atom is -0.173 e. The number of benzene rings is 1. The predicted molar refractivity (Wildman–Crippen MR) is 85.1 cm³/mol. The van der Waals surface area contributed by atoms with Crippen LogP contribution in [0.15, 0.2) is 30.3 Å². The van der Waals surface area contributed by atoms with Gasteiger partial charge in [-0.05, 0) is 29.1 Å². The molecule has 1 aliphatic heterocycles. The molecule has 0 spiro atoms. The van der Waals surface area contributed by atoms with Crippen molar-refractivity contribution in [3.05, 3.63) is 30.3 Å². The average molecular weight is 286 g/mol. The van der Waals surface area contributed by atoms with Gasteiger partial charge in [0, 0.05) is 0 Å². The van der Waals surface area contributed by atoms with E-state index in [1.165, 1.54) is 23.8 Å². The third-order valence-electron chi connectivity index (χ3n) is 2.74. The first-order valence-corrected chi connectivity index (χ1v) is 13.9. The molecular formula is C12H19PS2Si. The van der Waals surface area contributed by atoms with Gasteiger partial charge in [-0.15, -0.1) is 0 Å². The lowest BCUT2D eigenvalue weighted by atomic mass is 10.4. The van der Waals surface area contributed by atoms with Gasteiger partial charge < -0.3 is 0 Å². The molecule has 0 atom stereocenters. The second kappa shape index (κ2) is 5.95. The van der Waals surface area contributed by atoms with E-state index < -0.39 is 6.37 Å². The van der Waals surface area contributed by atoms with Crippen molar-refractivity contribution in [1.82, 2.24) is 0 Å². The van der Waals surface area contributed by atoms with Crippen molar-refractivity contribution in [3.8, 4) is 0 Å². The van der Waals surface area contributed by atoms with Gasteiger partial charge in [0.25, 0.3) is 0 Å². The predicted octanol–water partition coefficient (Wildman–Crippen LogP) is 3.98. The van der Waals surface area contributed by atoms with Gasteiger partial charge >= 0.3 is 0 Å². The molecule has 16 heavy (non-hydrogen) atoms. The van der Waals surface area contributed by atoms with E-state index in [0.717, 1.165) is 0 Å². The summed E-state index contributed by atoms with van der Waals surface area (Å²) in [6.07, 6.45) is 1.90. The molecule has 1 fully saturated rings. The molecule has 1 aromatic carbocycles. The number of rotatable bonds is 1. The molecule has 0 bridgehead atoms. The standard InChI is InChI=1S/C12H19PS2Si/c1-16(2)14-10-8-13(9-11-15-16)12-6-4-3-5-7-12/h3-7H,8-11H2,1-2H3. The zero-order chi connectivity index (χ0) is 11.4. The molecule has 88 valence electrons. The molecule has 0 aliphatic carbocycles. The van der Waals surface area contributed by atoms with E-state index in [4.69, 9.17) is 0 Å². The van der Waals surface area contributed by atoms with Crippen LogP contribution >= 0.6 is 30.3 Å². The fourth-order valence-electron chi connectivity index (χ4n) is 1.85. The molecule has 1 aliphatic rings. The molecule has 0 aromatic heterocycles.